The highest BCUT2D eigenvalue weighted by Gasteiger charge is 2.18. The highest BCUT2D eigenvalue weighted by molar-refractivity contribution is 6.05. The Morgan fingerprint density at radius 3 is 2.91 bits per heavy atom. The zero-order chi connectivity index (χ0) is 16.8. The Labute approximate surface area is 132 Å². The number of aryl methyl sites for hydroxylation is 1. The minimum atomic E-state index is -0.565. The average molecular weight is 317 g/mol. The lowest BCUT2D eigenvalue weighted by molar-refractivity contribution is -0.111. The molecule has 7 heteroatoms. The van der Waals surface area contributed by atoms with E-state index >= 15 is 0 Å². The summed E-state index contributed by atoms with van der Waals surface area (Å²) >= 11 is 0. The van der Waals surface area contributed by atoms with Crippen LogP contribution in [0.4, 0.5) is 10.2 Å². The molecule has 1 N–H and O–H groups in total. The molecule has 0 spiro atoms. The van der Waals surface area contributed by atoms with Gasteiger partial charge in [-0.2, -0.15) is 5.10 Å². The third-order valence-electron chi connectivity index (χ3n) is 2.95. The number of anilines is 1. The van der Waals surface area contributed by atoms with E-state index in [1.54, 1.807) is 26.1 Å². The Kier molecular flexibility index (Phi) is 5.24. The molecule has 0 bridgehead atoms. The van der Waals surface area contributed by atoms with Crippen LogP contribution in [0.25, 0.3) is 6.08 Å². The second-order valence-electron chi connectivity index (χ2n) is 4.63. The van der Waals surface area contributed by atoms with Crippen LogP contribution in [0, 0.1) is 5.82 Å². The van der Waals surface area contributed by atoms with Gasteiger partial charge in [-0.25, -0.2) is 9.18 Å². The summed E-state index contributed by atoms with van der Waals surface area (Å²) in [6.45, 7) is 1.91. The highest BCUT2D eigenvalue weighted by atomic mass is 19.1. The molecule has 1 heterocycles. The fourth-order valence-corrected chi connectivity index (χ4v) is 1.88. The van der Waals surface area contributed by atoms with Gasteiger partial charge in [0.1, 0.15) is 17.2 Å². The van der Waals surface area contributed by atoms with Gasteiger partial charge in [-0.1, -0.05) is 12.1 Å². The number of benzene rings is 1. The summed E-state index contributed by atoms with van der Waals surface area (Å²) in [5, 5.41) is 6.49. The first kappa shape index (κ1) is 16.4. The lowest BCUT2D eigenvalue weighted by Crippen LogP contribution is -2.15. The molecule has 0 aliphatic rings. The normalized spacial score (nSPS) is 10.7. The molecule has 1 aromatic heterocycles. The summed E-state index contributed by atoms with van der Waals surface area (Å²) in [6.07, 6.45) is 4.04. The van der Waals surface area contributed by atoms with E-state index in [1.807, 2.05) is 0 Å². The SMILES string of the molecule is CCOC(=O)c1cnn(C)c1NC(=O)/C=C/c1cccc(F)c1. The maximum Gasteiger partial charge on any atom is 0.343 e. The number of nitrogens with one attached hydrogen (secondary N) is 1. The van der Waals surface area contributed by atoms with Gasteiger partial charge in [0.15, 0.2) is 0 Å². The molecule has 0 saturated heterocycles. The summed E-state index contributed by atoms with van der Waals surface area (Å²) in [5.41, 5.74) is 0.720. The number of halogens is 1. The molecule has 6 nitrogen and oxygen atoms in total. The van der Waals surface area contributed by atoms with E-state index in [2.05, 4.69) is 10.4 Å². The smallest absolute Gasteiger partial charge is 0.343 e. The topological polar surface area (TPSA) is 73.2 Å². The Bertz CT molecular complexity index is 753. The van der Waals surface area contributed by atoms with E-state index in [4.69, 9.17) is 4.74 Å². The van der Waals surface area contributed by atoms with Gasteiger partial charge in [-0.05, 0) is 30.7 Å². The van der Waals surface area contributed by atoms with Crippen molar-refractivity contribution in [1.29, 1.82) is 0 Å². The average Bonchev–Trinajstić information content (AvgIpc) is 2.87. The van der Waals surface area contributed by atoms with Crippen LogP contribution in [0.2, 0.25) is 0 Å². The van der Waals surface area contributed by atoms with Crippen molar-refractivity contribution in [3.05, 3.63) is 53.5 Å². The van der Waals surface area contributed by atoms with Crippen LogP contribution in [0.5, 0.6) is 0 Å². The summed E-state index contributed by atoms with van der Waals surface area (Å²) in [4.78, 5) is 23.8. The summed E-state index contributed by atoms with van der Waals surface area (Å²) in [5.74, 6) is -1.19. The van der Waals surface area contributed by atoms with Crippen molar-refractivity contribution < 1.29 is 18.7 Å². The largest absolute Gasteiger partial charge is 0.462 e. The predicted octanol–water partition coefficient (Wildman–Crippen LogP) is 2.39. The van der Waals surface area contributed by atoms with Gasteiger partial charge >= 0.3 is 5.97 Å². The van der Waals surface area contributed by atoms with Crippen molar-refractivity contribution in [3.8, 4) is 0 Å². The van der Waals surface area contributed by atoms with Crippen molar-refractivity contribution in [3.63, 3.8) is 0 Å². The Morgan fingerprint density at radius 2 is 2.22 bits per heavy atom. The summed E-state index contributed by atoms with van der Waals surface area (Å²) in [6, 6.07) is 5.84. The number of esters is 1. The molecule has 0 aliphatic heterocycles. The number of nitrogens with zero attached hydrogens (tertiary/aromatic N) is 2. The lowest BCUT2D eigenvalue weighted by atomic mass is 10.2. The van der Waals surface area contributed by atoms with Gasteiger partial charge in [-0.3, -0.25) is 9.48 Å². The Hall–Kier alpha value is -2.96. The molecular formula is C16H16FN3O3. The second-order valence-corrected chi connectivity index (χ2v) is 4.63. The predicted molar refractivity (Wildman–Crippen MR) is 83.2 cm³/mol. The van der Waals surface area contributed by atoms with E-state index < -0.39 is 11.9 Å². The van der Waals surface area contributed by atoms with Crippen LogP contribution in [-0.2, 0) is 16.6 Å². The second kappa shape index (κ2) is 7.35. The standard InChI is InChI=1S/C16H16FN3O3/c1-3-23-16(22)13-10-18-20(2)15(13)19-14(21)8-7-11-5-4-6-12(17)9-11/h4-10H,3H2,1-2H3,(H,19,21)/b8-7+. The maximum atomic E-state index is 13.1. The monoisotopic (exact) mass is 317 g/mol. The zero-order valence-corrected chi connectivity index (χ0v) is 12.7. The van der Waals surface area contributed by atoms with Crippen molar-refractivity contribution in [2.75, 3.05) is 11.9 Å². The number of amides is 1. The quantitative estimate of drug-likeness (QED) is 0.679. The van der Waals surface area contributed by atoms with E-state index in [1.165, 1.54) is 35.2 Å². The molecule has 0 aliphatic carbocycles. The van der Waals surface area contributed by atoms with Crippen LogP contribution in [0.15, 0.2) is 36.5 Å². The Balaban J connectivity index is 2.11. The zero-order valence-electron chi connectivity index (χ0n) is 12.7. The maximum absolute atomic E-state index is 13.1. The minimum Gasteiger partial charge on any atom is -0.462 e. The third-order valence-corrected chi connectivity index (χ3v) is 2.95. The number of carbonyl (C=O) groups excluding carboxylic acids is 2. The molecule has 0 saturated carbocycles. The van der Waals surface area contributed by atoms with E-state index in [0.29, 0.717) is 5.56 Å². The molecule has 0 atom stereocenters. The fourth-order valence-electron chi connectivity index (χ4n) is 1.88. The summed E-state index contributed by atoms with van der Waals surface area (Å²) < 4.78 is 19.3. The van der Waals surface area contributed by atoms with Crippen LogP contribution < -0.4 is 5.32 Å². The van der Waals surface area contributed by atoms with Gasteiger partial charge < -0.3 is 10.1 Å². The van der Waals surface area contributed by atoms with E-state index in [0.717, 1.165) is 0 Å². The van der Waals surface area contributed by atoms with Gasteiger partial charge in [0, 0.05) is 13.1 Å². The third kappa shape index (κ3) is 4.26. The highest BCUT2D eigenvalue weighted by Crippen LogP contribution is 2.15. The molecule has 0 radical (unpaired) electrons. The van der Waals surface area contributed by atoms with Crippen molar-refractivity contribution in [1.82, 2.24) is 9.78 Å². The number of carbonyl (C=O) groups is 2. The minimum absolute atomic E-state index is 0.168. The Morgan fingerprint density at radius 1 is 1.43 bits per heavy atom. The van der Waals surface area contributed by atoms with E-state index in [9.17, 15) is 14.0 Å². The van der Waals surface area contributed by atoms with Gasteiger partial charge in [0.05, 0.1) is 12.8 Å². The molecule has 2 rings (SSSR count). The number of aromatic nitrogens is 2. The first-order chi connectivity index (χ1) is 11.0. The van der Waals surface area contributed by atoms with Crippen LogP contribution >= 0.6 is 0 Å². The molecule has 120 valence electrons. The first-order valence-electron chi connectivity index (χ1n) is 6.95. The van der Waals surface area contributed by atoms with Crippen LogP contribution in [-0.4, -0.2) is 28.3 Å². The fraction of sp³-hybridized carbons (Fsp3) is 0.188. The van der Waals surface area contributed by atoms with Gasteiger partial charge in [-0.15, -0.1) is 0 Å². The molecule has 1 amide bonds. The first-order valence-corrected chi connectivity index (χ1v) is 6.95. The van der Waals surface area contributed by atoms with Crippen molar-refractivity contribution in [2.24, 2.45) is 7.05 Å². The summed E-state index contributed by atoms with van der Waals surface area (Å²) in [7, 11) is 1.59. The molecule has 23 heavy (non-hydrogen) atoms. The molecule has 0 fully saturated rings. The lowest BCUT2D eigenvalue weighted by Gasteiger charge is -2.06. The molecular weight excluding hydrogens is 301 g/mol. The van der Waals surface area contributed by atoms with Crippen molar-refractivity contribution in [2.45, 2.75) is 6.92 Å². The van der Waals surface area contributed by atoms with Gasteiger partial charge in [0.2, 0.25) is 5.91 Å². The van der Waals surface area contributed by atoms with Crippen LogP contribution in [0.1, 0.15) is 22.8 Å². The number of hydrogen-bond acceptors (Lipinski definition) is 4. The van der Waals surface area contributed by atoms with Gasteiger partial charge in [0.25, 0.3) is 0 Å². The molecule has 1 aromatic carbocycles. The van der Waals surface area contributed by atoms with Crippen LogP contribution in [0.3, 0.4) is 0 Å². The van der Waals surface area contributed by atoms with Crippen molar-refractivity contribution >= 4 is 23.8 Å². The number of hydrogen-bond donors (Lipinski definition) is 1. The molecule has 0 unspecified atom stereocenters. The number of ether oxygens (including phenoxy) is 1. The van der Waals surface area contributed by atoms with E-state index in [-0.39, 0.29) is 23.8 Å². The number of rotatable bonds is 5. The molecule has 2 aromatic rings.